The van der Waals surface area contributed by atoms with Crippen LogP contribution in [0, 0.1) is 6.92 Å². The summed E-state index contributed by atoms with van der Waals surface area (Å²) in [7, 11) is 1.81. The summed E-state index contributed by atoms with van der Waals surface area (Å²) in [5.74, 6) is 1.10. The number of pyridine rings is 1. The van der Waals surface area contributed by atoms with Gasteiger partial charge >= 0.3 is 0 Å². The average Bonchev–Trinajstić information content (AvgIpc) is 3.44. The summed E-state index contributed by atoms with van der Waals surface area (Å²) in [5.41, 5.74) is 3.81. The Hall–Kier alpha value is -2.57. The highest BCUT2D eigenvalue weighted by molar-refractivity contribution is 5.78. The van der Waals surface area contributed by atoms with Crippen molar-refractivity contribution in [3.05, 3.63) is 54.2 Å². The highest BCUT2D eigenvalue weighted by Gasteiger charge is 2.24. The zero-order valence-corrected chi connectivity index (χ0v) is 19.4. The number of nitrogens with zero attached hydrogens (tertiary/aromatic N) is 5. The van der Waals surface area contributed by atoms with Gasteiger partial charge in [-0.25, -0.2) is 4.98 Å². The Bertz CT molecular complexity index is 1040. The number of fused-ring (bicyclic) bond motifs is 1. The number of likely N-dealkylation sites (tertiary alicyclic amines) is 1. The number of para-hydroxylation sites is 1. The molecule has 32 heavy (non-hydrogen) atoms. The quantitative estimate of drug-likeness (QED) is 0.567. The van der Waals surface area contributed by atoms with Gasteiger partial charge in [-0.3, -0.25) is 4.90 Å². The second kappa shape index (κ2) is 9.51. The van der Waals surface area contributed by atoms with Gasteiger partial charge in [-0.1, -0.05) is 18.2 Å². The third-order valence-electron chi connectivity index (χ3n) is 7.14. The van der Waals surface area contributed by atoms with Crippen molar-refractivity contribution in [1.82, 2.24) is 14.5 Å². The first-order valence-electron chi connectivity index (χ1n) is 12.0. The van der Waals surface area contributed by atoms with Crippen molar-refractivity contribution in [2.24, 2.45) is 0 Å². The van der Waals surface area contributed by atoms with Gasteiger partial charge in [0, 0.05) is 69.7 Å². The zero-order valence-electron chi connectivity index (χ0n) is 19.4. The summed E-state index contributed by atoms with van der Waals surface area (Å²) < 4.78 is 7.74. The fourth-order valence-corrected chi connectivity index (χ4v) is 5.31. The first kappa shape index (κ1) is 21.3. The average molecular weight is 434 g/mol. The molecule has 2 aromatic heterocycles. The summed E-state index contributed by atoms with van der Waals surface area (Å²) in [5, 5.41) is 1.22. The van der Waals surface area contributed by atoms with E-state index in [2.05, 4.69) is 74.9 Å². The van der Waals surface area contributed by atoms with Crippen LogP contribution in [0.3, 0.4) is 0 Å². The molecule has 0 saturated carbocycles. The molecule has 3 aromatic rings. The predicted molar refractivity (Wildman–Crippen MR) is 132 cm³/mol. The largest absolute Gasteiger partial charge is 0.383 e. The molecule has 2 aliphatic heterocycles. The third kappa shape index (κ3) is 4.34. The fourth-order valence-electron chi connectivity index (χ4n) is 5.31. The molecule has 0 spiro atoms. The minimum absolute atomic E-state index is 0.565. The molecule has 2 saturated heterocycles. The Morgan fingerprint density at radius 2 is 1.75 bits per heavy atom. The molecule has 170 valence electrons. The van der Waals surface area contributed by atoms with Crippen molar-refractivity contribution < 1.29 is 4.74 Å². The van der Waals surface area contributed by atoms with E-state index in [0.717, 1.165) is 57.3 Å². The third-order valence-corrected chi connectivity index (χ3v) is 7.14. The monoisotopic (exact) mass is 433 g/mol. The molecule has 5 rings (SSSR count). The van der Waals surface area contributed by atoms with E-state index in [0.29, 0.717) is 6.04 Å². The number of aryl methyl sites for hydroxylation is 1. The Balaban J connectivity index is 1.25. The van der Waals surface area contributed by atoms with E-state index in [9.17, 15) is 0 Å². The summed E-state index contributed by atoms with van der Waals surface area (Å²) in [6.07, 6.45) is 4.72. The number of rotatable bonds is 7. The summed E-state index contributed by atoms with van der Waals surface area (Å²) in [4.78, 5) is 12.6. The van der Waals surface area contributed by atoms with Crippen molar-refractivity contribution in [3.8, 4) is 0 Å². The fraction of sp³-hybridized carbons (Fsp3) is 0.500. The summed E-state index contributed by atoms with van der Waals surface area (Å²) in [6.45, 7) is 10.3. The topological polar surface area (TPSA) is 36.8 Å². The molecule has 0 bridgehead atoms. The van der Waals surface area contributed by atoms with Gasteiger partial charge < -0.3 is 19.1 Å². The number of methoxy groups -OCH3 is 1. The Morgan fingerprint density at radius 1 is 0.938 bits per heavy atom. The Kier molecular flexibility index (Phi) is 6.32. The van der Waals surface area contributed by atoms with Crippen molar-refractivity contribution in [3.63, 3.8) is 0 Å². The molecule has 0 aliphatic carbocycles. The lowest BCUT2D eigenvalue weighted by molar-refractivity contribution is 0.113. The molecular weight excluding hydrogens is 398 g/mol. The molecule has 1 unspecified atom stereocenters. The van der Waals surface area contributed by atoms with Crippen LogP contribution in [0.1, 0.15) is 18.4 Å². The second-order valence-electron chi connectivity index (χ2n) is 9.14. The molecule has 0 N–H and O–H groups in total. The van der Waals surface area contributed by atoms with E-state index in [1.54, 1.807) is 0 Å². The maximum atomic E-state index is 5.42. The first-order chi connectivity index (χ1) is 15.7. The van der Waals surface area contributed by atoms with E-state index >= 15 is 0 Å². The van der Waals surface area contributed by atoms with Gasteiger partial charge in [-0.05, 0) is 56.1 Å². The molecule has 1 atom stereocenters. The van der Waals surface area contributed by atoms with Crippen molar-refractivity contribution >= 4 is 22.5 Å². The smallest absolute Gasteiger partial charge is 0.142 e. The molecule has 2 aliphatic rings. The van der Waals surface area contributed by atoms with Crippen LogP contribution in [-0.4, -0.2) is 73.5 Å². The SMILES string of the molecule is COCC1CCCN1CCn1ccc2ccc(N3CCN(c4ccccc4C)CC3)nc21. The molecule has 6 nitrogen and oxygen atoms in total. The second-order valence-corrected chi connectivity index (χ2v) is 9.14. The lowest BCUT2D eigenvalue weighted by Gasteiger charge is -2.37. The van der Waals surface area contributed by atoms with Crippen molar-refractivity contribution in [2.45, 2.75) is 32.4 Å². The number of hydrogen-bond donors (Lipinski definition) is 0. The van der Waals surface area contributed by atoms with Gasteiger partial charge in [0.05, 0.1) is 6.61 Å². The van der Waals surface area contributed by atoms with Crippen molar-refractivity contribution in [1.29, 1.82) is 0 Å². The van der Waals surface area contributed by atoms with E-state index in [-0.39, 0.29) is 0 Å². The number of benzene rings is 1. The number of ether oxygens (including phenoxy) is 1. The molecule has 1 aromatic carbocycles. The number of piperazine rings is 1. The van der Waals surface area contributed by atoms with Gasteiger partial charge in [0.1, 0.15) is 11.5 Å². The predicted octanol–water partition coefficient (Wildman–Crippen LogP) is 3.78. The van der Waals surface area contributed by atoms with E-state index in [1.807, 2.05) is 7.11 Å². The maximum absolute atomic E-state index is 5.42. The van der Waals surface area contributed by atoms with Gasteiger partial charge in [0.15, 0.2) is 0 Å². The lowest BCUT2D eigenvalue weighted by Crippen LogP contribution is -2.47. The molecule has 6 heteroatoms. The number of hydrogen-bond acceptors (Lipinski definition) is 5. The minimum atomic E-state index is 0.565. The summed E-state index contributed by atoms with van der Waals surface area (Å²) in [6, 6.07) is 15.9. The molecule has 0 amide bonds. The van der Waals surface area contributed by atoms with Crippen LogP contribution in [-0.2, 0) is 11.3 Å². The van der Waals surface area contributed by atoms with Crippen LogP contribution in [0.2, 0.25) is 0 Å². The van der Waals surface area contributed by atoms with Crippen molar-refractivity contribution in [2.75, 3.05) is 62.8 Å². The minimum Gasteiger partial charge on any atom is -0.383 e. The standard InChI is InChI=1S/C26H35N5O/c1-21-6-3-4-8-24(21)29-15-17-30(18-16-29)25-10-9-22-11-13-31(26(22)27-25)19-14-28-12-5-7-23(28)20-32-2/h3-4,6,8-11,13,23H,5,7,12,14-20H2,1-2H3. The Morgan fingerprint density at radius 3 is 2.56 bits per heavy atom. The van der Waals surface area contributed by atoms with Crippen LogP contribution in [0.4, 0.5) is 11.5 Å². The molecular formula is C26H35N5O. The van der Waals surface area contributed by atoms with Crippen LogP contribution in [0.5, 0.6) is 0 Å². The Labute approximate surface area is 191 Å². The van der Waals surface area contributed by atoms with Crippen LogP contribution in [0.25, 0.3) is 11.0 Å². The van der Waals surface area contributed by atoms with Crippen LogP contribution >= 0.6 is 0 Å². The maximum Gasteiger partial charge on any atom is 0.142 e. The molecule has 4 heterocycles. The number of aromatic nitrogens is 2. The first-order valence-corrected chi connectivity index (χ1v) is 12.0. The van der Waals surface area contributed by atoms with E-state index in [1.165, 1.54) is 36.0 Å². The van der Waals surface area contributed by atoms with E-state index in [4.69, 9.17) is 9.72 Å². The van der Waals surface area contributed by atoms with Crippen LogP contribution in [0.15, 0.2) is 48.7 Å². The normalized spacial score (nSPS) is 19.9. The highest BCUT2D eigenvalue weighted by Crippen LogP contribution is 2.25. The van der Waals surface area contributed by atoms with Gasteiger partial charge in [0.25, 0.3) is 0 Å². The van der Waals surface area contributed by atoms with Gasteiger partial charge in [-0.2, -0.15) is 0 Å². The van der Waals surface area contributed by atoms with Crippen LogP contribution < -0.4 is 9.80 Å². The van der Waals surface area contributed by atoms with Gasteiger partial charge in [0.2, 0.25) is 0 Å². The molecule has 2 fully saturated rings. The van der Waals surface area contributed by atoms with E-state index < -0.39 is 0 Å². The highest BCUT2D eigenvalue weighted by atomic mass is 16.5. The summed E-state index contributed by atoms with van der Waals surface area (Å²) >= 11 is 0. The lowest BCUT2D eigenvalue weighted by atomic mass is 10.1. The number of anilines is 2. The zero-order chi connectivity index (χ0) is 21.9. The molecule has 0 radical (unpaired) electrons. The van der Waals surface area contributed by atoms with Gasteiger partial charge in [-0.15, -0.1) is 0 Å².